The van der Waals surface area contributed by atoms with Gasteiger partial charge in [0.25, 0.3) is 5.91 Å². The lowest BCUT2D eigenvalue weighted by molar-refractivity contribution is 0.0939. The van der Waals surface area contributed by atoms with Gasteiger partial charge in [-0.05, 0) is 43.2 Å². The molecule has 3 rings (SSSR count). The van der Waals surface area contributed by atoms with Crippen molar-refractivity contribution < 1.29 is 4.79 Å². The van der Waals surface area contributed by atoms with Crippen molar-refractivity contribution in [2.45, 2.75) is 37.2 Å². The molecule has 1 unspecified atom stereocenters. The van der Waals surface area contributed by atoms with Gasteiger partial charge in [0.1, 0.15) is 0 Å². The molecular formula is C19H21N3OS. The third-order valence-electron chi connectivity index (χ3n) is 3.95. The van der Waals surface area contributed by atoms with Gasteiger partial charge in [-0.25, -0.2) is 4.98 Å². The van der Waals surface area contributed by atoms with E-state index in [0.717, 1.165) is 28.4 Å². The Morgan fingerprint density at radius 3 is 2.67 bits per heavy atom. The van der Waals surface area contributed by atoms with Gasteiger partial charge >= 0.3 is 0 Å². The fourth-order valence-corrected chi connectivity index (χ4v) is 3.15. The van der Waals surface area contributed by atoms with Crippen LogP contribution in [0.4, 0.5) is 0 Å². The molecule has 1 heterocycles. The maximum atomic E-state index is 12.1. The van der Waals surface area contributed by atoms with Crippen molar-refractivity contribution in [1.29, 1.82) is 0 Å². The van der Waals surface area contributed by atoms with Crippen molar-refractivity contribution in [3.05, 3.63) is 59.7 Å². The number of nitrogens with one attached hydrogen (secondary N) is 2. The molecule has 3 aromatic rings. The zero-order chi connectivity index (χ0) is 16.9. The molecule has 0 radical (unpaired) electrons. The summed E-state index contributed by atoms with van der Waals surface area (Å²) in [5.74, 6) is 0.799. The summed E-state index contributed by atoms with van der Waals surface area (Å²) in [7, 11) is 0. The Balaban J connectivity index is 1.60. The van der Waals surface area contributed by atoms with E-state index in [1.807, 2.05) is 55.5 Å². The first-order valence-corrected chi connectivity index (χ1v) is 9.11. The van der Waals surface area contributed by atoms with Crippen molar-refractivity contribution in [2.75, 3.05) is 0 Å². The van der Waals surface area contributed by atoms with Crippen molar-refractivity contribution in [2.24, 2.45) is 0 Å². The number of benzene rings is 2. The molecule has 4 nitrogen and oxygen atoms in total. The van der Waals surface area contributed by atoms with E-state index >= 15 is 0 Å². The number of fused-ring (bicyclic) bond motifs is 1. The summed E-state index contributed by atoms with van der Waals surface area (Å²) >= 11 is 1.66. The molecule has 2 N–H and O–H groups in total. The Morgan fingerprint density at radius 2 is 1.96 bits per heavy atom. The molecule has 0 aliphatic carbocycles. The van der Waals surface area contributed by atoms with E-state index < -0.39 is 0 Å². The molecule has 0 saturated heterocycles. The van der Waals surface area contributed by atoms with E-state index in [1.165, 1.54) is 5.56 Å². The van der Waals surface area contributed by atoms with Crippen LogP contribution in [0.3, 0.4) is 0 Å². The third kappa shape index (κ3) is 3.97. The molecule has 0 saturated carbocycles. The van der Waals surface area contributed by atoms with Gasteiger partial charge in [-0.3, -0.25) is 4.79 Å². The Hall–Kier alpha value is -2.27. The SMILES string of the molecule is CCC(C)NC(=O)c1ccc(CSc2nc3ccccc3[nH]2)cc1. The van der Waals surface area contributed by atoms with E-state index in [2.05, 4.69) is 22.2 Å². The van der Waals surface area contributed by atoms with E-state index in [4.69, 9.17) is 0 Å². The number of thioether (sulfide) groups is 1. The summed E-state index contributed by atoms with van der Waals surface area (Å²) in [6.07, 6.45) is 0.929. The number of imidazole rings is 1. The van der Waals surface area contributed by atoms with Crippen LogP contribution in [-0.2, 0) is 5.75 Å². The number of hydrogen-bond donors (Lipinski definition) is 2. The fraction of sp³-hybridized carbons (Fsp3) is 0.263. The molecule has 0 aliphatic rings. The number of hydrogen-bond acceptors (Lipinski definition) is 3. The average Bonchev–Trinajstić information content (AvgIpc) is 3.03. The predicted molar refractivity (Wildman–Crippen MR) is 99.3 cm³/mol. The molecular weight excluding hydrogens is 318 g/mol. The van der Waals surface area contributed by atoms with Gasteiger partial charge in [0.2, 0.25) is 0 Å². The molecule has 124 valence electrons. The number of amides is 1. The van der Waals surface area contributed by atoms with Gasteiger partial charge in [0.05, 0.1) is 11.0 Å². The number of nitrogens with zero attached hydrogens (tertiary/aromatic N) is 1. The van der Waals surface area contributed by atoms with Crippen LogP contribution in [0.2, 0.25) is 0 Å². The lowest BCUT2D eigenvalue weighted by Gasteiger charge is -2.11. The Labute approximate surface area is 146 Å². The molecule has 0 aliphatic heterocycles. The number of H-pyrrole nitrogens is 1. The first-order chi connectivity index (χ1) is 11.7. The zero-order valence-corrected chi connectivity index (χ0v) is 14.7. The smallest absolute Gasteiger partial charge is 0.251 e. The molecule has 0 bridgehead atoms. The van der Waals surface area contributed by atoms with Gasteiger partial charge in [0, 0.05) is 17.4 Å². The predicted octanol–water partition coefficient (Wildman–Crippen LogP) is 4.38. The topological polar surface area (TPSA) is 57.8 Å². The Kier molecular flexibility index (Phi) is 5.20. The minimum absolute atomic E-state index is 0.0131. The molecule has 2 aromatic carbocycles. The zero-order valence-electron chi connectivity index (χ0n) is 13.9. The maximum absolute atomic E-state index is 12.1. The van der Waals surface area contributed by atoms with Crippen LogP contribution >= 0.6 is 11.8 Å². The fourth-order valence-electron chi connectivity index (χ4n) is 2.31. The summed E-state index contributed by atoms with van der Waals surface area (Å²) in [5, 5.41) is 3.89. The quantitative estimate of drug-likeness (QED) is 0.655. The number of carbonyl (C=O) groups excluding carboxylic acids is 1. The summed E-state index contributed by atoms with van der Waals surface area (Å²) in [6, 6.07) is 16.0. The van der Waals surface area contributed by atoms with Crippen LogP contribution in [0.5, 0.6) is 0 Å². The minimum atomic E-state index is -0.0131. The number of aromatic nitrogens is 2. The highest BCUT2D eigenvalue weighted by atomic mass is 32.2. The van der Waals surface area contributed by atoms with Crippen LogP contribution in [0.1, 0.15) is 36.2 Å². The second kappa shape index (κ2) is 7.53. The molecule has 24 heavy (non-hydrogen) atoms. The lowest BCUT2D eigenvalue weighted by Crippen LogP contribution is -2.31. The van der Waals surface area contributed by atoms with Gasteiger partial charge in [-0.1, -0.05) is 43.0 Å². The number of carbonyl (C=O) groups is 1. The van der Waals surface area contributed by atoms with E-state index in [9.17, 15) is 4.79 Å². The largest absolute Gasteiger partial charge is 0.350 e. The summed E-state index contributed by atoms with van der Waals surface area (Å²) in [4.78, 5) is 19.9. The second-order valence-electron chi connectivity index (χ2n) is 5.83. The Morgan fingerprint density at radius 1 is 1.21 bits per heavy atom. The highest BCUT2D eigenvalue weighted by molar-refractivity contribution is 7.98. The third-order valence-corrected chi connectivity index (χ3v) is 4.89. The summed E-state index contributed by atoms with van der Waals surface area (Å²) < 4.78 is 0. The van der Waals surface area contributed by atoms with Crippen molar-refractivity contribution in [3.8, 4) is 0 Å². The summed E-state index contributed by atoms with van der Waals surface area (Å²) in [6.45, 7) is 4.07. The van der Waals surface area contributed by atoms with Gasteiger partial charge in [0.15, 0.2) is 5.16 Å². The molecule has 0 fully saturated rings. The Bertz CT molecular complexity index is 793. The van der Waals surface area contributed by atoms with Crippen LogP contribution in [0.15, 0.2) is 53.7 Å². The lowest BCUT2D eigenvalue weighted by atomic mass is 10.1. The standard InChI is InChI=1S/C19H21N3OS/c1-3-13(2)20-18(23)15-10-8-14(9-11-15)12-24-19-21-16-6-4-5-7-17(16)22-19/h4-11,13H,3,12H2,1-2H3,(H,20,23)(H,21,22). The molecule has 5 heteroatoms. The number of rotatable bonds is 6. The number of aromatic amines is 1. The highest BCUT2D eigenvalue weighted by Gasteiger charge is 2.08. The molecule has 1 amide bonds. The van der Waals surface area contributed by atoms with E-state index in [0.29, 0.717) is 5.56 Å². The first-order valence-electron chi connectivity index (χ1n) is 8.13. The van der Waals surface area contributed by atoms with E-state index in [-0.39, 0.29) is 11.9 Å². The highest BCUT2D eigenvalue weighted by Crippen LogP contribution is 2.23. The van der Waals surface area contributed by atoms with Crippen molar-refractivity contribution >= 4 is 28.7 Å². The molecule has 1 atom stereocenters. The summed E-state index contributed by atoms with van der Waals surface area (Å²) in [5.41, 5.74) is 3.91. The first kappa shape index (κ1) is 16.6. The minimum Gasteiger partial charge on any atom is -0.350 e. The van der Waals surface area contributed by atoms with Crippen LogP contribution in [0.25, 0.3) is 11.0 Å². The van der Waals surface area contributed by atoms with Crippen LogP contribution in [-0.4, -0.2) is 21.9 Å². The molecule has 0 spiro atoms. The van der Waals surface area contributed by atoms with Crippen LogP contribution in [0, 0.1) is 0 Å². The van der Waals surface area contributed by atoms with Gasteiger partial charge in [-0.2, -0.15) is 0 Å². The van der Waals surface area contributed by atoms with Gasteiger partial charge < -0.3 is 10.3 Å². The van der Waals surface area contributed by atoms with Crippen LogP contribution < -0.4 is 5.32 Å². The average molecular weight is 339 g/mol. The molecule has 1 aromatic heterocycles. The number of para-hydroxylation sites is 2. The van der Waals surface area contributed by atoms with Crippen molar-refractivity contribution in [1.82, 2.24) is 15.3 Å². The normalized spacial score (nSPS) is 12.2. The maximum Gasteiger partial charge on any atom is 0.251 e. The monoisotopic (exact) mass is 339 g/mol. The van der Waals surface area contributed by atoms with Crippen molar-refractivity contribution in [3.63, 3.8) is 0 Å². The second-order valence-corrected chi connectivity index (χ2v) is 6.79. The van der Waals surface area contributed by atoms with E-state index in [1.54, 1.807) is 11.8 Å². The van der Waals surface area contributed by atoms with Gasteiger partial charge in [-0.15, -0.1) is 0 Å².